The largest absolute Gasteiger partial charge is 0.462 e. The third-order valence-corrected chi connectivity index (χ3v) is 12.4. The lowest BCUT2D eigenvalue weighted by Gasteiger charge is -2.18. The van der Waals surface area contributed by atoms with Gasteiger partial charge in [-0.2, -0.15) is 0 Å². The second kappa shape index (κ2) is 47.5. The first kappa shape index (κ1) is 57.4. The summed E-state index contributed by atoms with van der Waals surface area (Å²) in [5, 5.41) is 0. The highest BCUT2D eigenvalue weighted by Crippen LogP contribution is 2.18. The van der Waals surface area contributed by atoms with E-state index in [1.54, 1.807) is 0 Å². The van der Waals surface area contributed by atoms with Gasteiger partial charge in [-0.25, -0.2) is 0 Å². The Morgan fingerprint density at radius 2 is 0.593 bits per heavy atom. The van der Waals surface area contributed by atoms with Gasteiger partial charge >= 0.3 is 17.9 Å². The summed E-state index contributed by atoms with van der Waals surface area (Å²) in [6.45, 7) is 9.05. The average Bonchev–Trinajstić information content (AvgIpc) is 3.23. The minimum absolute atomic E-state index is 0.0627. The van der Waals surface area contributed by atoms with Crippen molar-refractivity contribution in [2.24, 2.45) is 5.92 Å². The molecule has 0 aliphatic rings. The maximum absolute atomic E-state index is 12.8. The van der Waals surface area contributed by atoms with Crippen LogP contribution in [0.3, 0.4) is 0 Å². The van der Waals surface area contributed by atoms with E-state index in [0.717, 1.165) is 63.7 Å². The average molecular weight is 835 g/mol. The summed E-state index contributed by atoms with van der Waals surface area (Å²) < 4.78 is 16.8. The molecule has 0 aliphatic carbocycles. The zero-order chi connectivity index (χ0) is 43.1. The Balaban J connectivity index is 4.31. The van der Waals surface area contributed by atoms with Gasteiger partial charge in [0.1, 0.15) is 13.2 Å². The third-order valence-electron chi connectivity index (χ3n) is 12.4. The first-order valence-electron chi connectivity index (χ1n) is 26.4. The van der Waals surface area contributed by atoms with Crippen molar-refractivity contribution in [1.29, 1.82) is 0 Å². The van der Waals surface area contributed by atoms with Crippen LogP contribution in [0.25, 0.3) is 0 Å². The Morgan fingerprint density at radius 1 is 0.339 bits per heavy atom. The molecule has 0 fully saturated rings. The van der Waals surface area contributed by atoms with Crippen LogP contribution in [-0.4, -0.2) is 37.2 Å². The van der Waals surface area contributed by atoms with E-state index in [1.165, 1.54) is 193 Å². The Kier molecular flexibility index (Phi) is 46.2. The number of hydrogen-bond donors (Lipinski definition) is 0. The number of rotatable bonds is 48. The zero-order valence-electron chi connectivity index (χ0n) is 40.2. The maximum Gasteiger partial charge on any atom is 0.306 e. The summed E-state index contributed by atoms with van der Waals surface area (Å²) in [7, 11) is 0. The molecule has 0 radical (unpaired) electrons. The lowest BCUT2D eigenvalue weighted by atomic mass is 9.99. The van der Waals surface area contributed by atoms with Crippen LogP contribution >= 0.6 is 0 Å². The van der Waals surface area contributed by atoms with Gasteiger partial charge in [0.05, 0.1) is 0 Å². The number of carbonyl (C=O) groups excluding carboxylic acids is 3. The van der Waals surface area contributed by atoms with Gasteiger partial charge in [0.25, 0.3) is 0 Å². The highest BCUT2D eigenvalue weighted by atomic mass is 16.6. The summed E-state index contributed by atoms with van der Waals surface area (Å²) in [4.78, 5) is 38.0. The summed E-state index contributed by atoms with van der Waals surface area (Å²) in [5.74, 6) is 0.0244. The number of unbranched alkanes of at least 4 members (excludes halogenated alkanes) is 34. The molecule has 0 bridgehead atoms. The van der Waals surface area contributed by atoms with Crippen LogP contribution in [0.15, 0.2) is 0 Å². The molecule has 6 heteroatoms. The van der Waals surface area contributed by atoms with E-state index >= 15 is 0 Å². The van der Waals surface area contributed by atoms with E-state index in [9.17, 15) is 14.4 Å². The molecule has 0 aromatic carbocycles. The normalized spacial score (nSPS) is 12.4. The highest BCUT2D eigenvalue weighted by molar-refractivity contribution is 5.71. The minimum Gasteiger partial charge on any atom is -0.462 e. The van der Waals surface area contributed by atoms with Crippen LogP contribution in [0.1, 0.15) is 297 Å². The molecule has 0 heterocycles. The molecule has 0 saturated carbocycles. The van der Waals surface area contributed by atoms with Crippen molar-refractivity contribution in [3.05, 3.63) is 0 Å². The molecular formula is C53H102O6. The van der Waals surface area contributed by atoms with E-state index < -0.39 is 6.10 Å². The predicted octanol–water partition coefficient (Wildman–Crippen LogP) is 17.1. The summed E-state index contributed by atoms with van der Waals surface area (Å²) >= 11 is 0. The zero-order valence-corrected chi connectivity index (χ0v) is 40.2. The van der Waals surface area contributed by atoms with Crippen LogP contribution < -0.4 is 0 Å². The number of hydrogen-bond acceptors (Lipinski definition) is 6. The Morgan fingerprint density at radius 3 is 0.881 bits per heavy atom. The molecule has 0 amide bonds. The predicted molar refractivity (Wildman–Crippen MR) is 252 cm³/mol. The molecule has 0 saturated heterocycles. The van der Waals surface area contributed by atoms with E-state index in [-0.39, 0.29) is 31.1 Å². The lowest BCUT2D eigenvalue weighted by Crippen LogP contribution is -2.30. The van der Waals surface area contributed by atoms with Crippen LogP contribution in [0.4, 0.5) is 0 Å². The van der Waals surface area contributed by atoms with Crippen LogP contribution in [0, 0.1) is 5.92 Å². The molecule has 6 nitrogen and oxygen atoms in total. The fourth-order valence-electron chi connectivity index (χ4n) is 8.01. The van der Waals surface area contributed by atoms with Crippen LogP contribution in [0.5, 0.6) is 0 Å². The number of esters is 3. The first-order chi connectivity index (χ1) is 28.9. The third kappa shape index (κ3) is 45.8. The van der Waals surface area contributed by atoms with Gasteiger partial charge in [-0.05, 0) is 25.2 Å². The Labute approximate surface area is 368 Å². The molecule has 0 aromatic heterocycles. The fourth-order valence-corrected chi connectivity index (χ4v) is 8.01. The van der Waals surface area contributed by atoms with Gasteiger partial charge in [-0.3, -0.25) is 14.4 Å². The SMILES string of the molecule is CCCCCCCCCCCCCCCCCC(=O)OC[C@H](COC(=O)CCCCCCCCCCCCCC)OC(=O)CCCCCCCCCCCCC(C)CC. The van der Waals surface area contributed by atoms with Gasteiger partial charge in [0.15, 0.2) is 6.10 Å². The molecule has 0 rings (SSSR count). The summed E-state index contributed by atoms with van der Waals surface area (Å²) in [6, 6.07) is 0. The quantitative estimate of drug-likeness (QED) is 0.0345. The van der Waals surface area contributed by atoms with Crippen molar-refractivity contribution in [1.82, 2.24) is 0 Å². The molecular weight excluding hydrogens is 733 g/mol. The van der Waals surface area contributed by atoms with Gasteiger partial charge in [-0.1, -0.05) is 259 Å². The molecule has 2 atom stereocenters. The minimum atomic E-state index is -0.761. The highest BCUT2D eigenvalue weighted by Gasteiger charge is 2.19. The van der Waals surface area contributed by atoms with E-state index in [2.05, 4.69) is 27.7 Å². The van der Waals surface area contributed by atoms with Crippen molar-refractivity contribution in [2.75, 3.05) is 13.2 Å². The van der Waals surface area contributed by atoms with Crippen molar-refractivity contribution in [3.8, 4) is 0 Å². The van der Waals surface area contributed by atoms with Gasteiger partial charge in [0, 0.05) is 19.3 Å². The van der Waals surface area contributed by atoms with Gasteiger partial charge in [-0.15, -0.1) is 0 Å². The summed E-state index contributed by atoms with van der Waals surface area (Å²) in [6.07, 6.45) is 49.3. The molecule has 59 heavy (non-hydrogen) atoms. The Hall–Kier alpha value is -1.59. The molecule has 0 aliphatic heterocycles. The maximum atomic E-state index is 12.8. The number of ether oxygens (including phenoxy) is 3. The topological polar surface area (TPSA) is 78.9 Å². The van der Waals surface area contributed by atoms with Crippen LogP contribution in [-0.2, 0) is 28.6 Å². The monoisotopic (exact) mass is 835 g/mol. The van der Waals surface area contributed by atoms with E-state index in [1.807, 2.05) is 0 Å². The molecule has 350 valence electrons. The smallest absolute Gasteiger partial charge is 0.306 e. The second-order valence-corrected chi connectivity index (χ2v) is 18.4. The van der Waals surface area contributed by atoms with Crippen molar-refractivity contribution >= 4 is 17.9 Å². The molecule has 0 N–H and O–H groups in total. The van der Waals surface area contributed by atoms with Gasteiger partial charge in [0.2, 0.25) is 0 Å². The van der Waals surface area contributed by atoms with E-state index in [0.29, 0.717) is 19.3 Å². The lowest BCUT2D eigenvalue weighted by molar-refractivity contribution is -0.167. The van der Waals surface area contributed by atoms with Crippen LogP contribution in [0.2, 0.25) is 0 Å². The van der Waals surface area contributed by atoms with E-state index in [4.69, 9.17) is 14.2 Å². The summed E-state index contributed by atoms with van der Waals surface area (Å²) in [5.41, 5.74) is 0. The standard InChI is InChI=1S/C53H102O6/c1-5-8-10-12-14-16-18-20-21-22-24-29-33-37-41-45-52(55)58-48-50(47-57-51(54)44-40-36-32-28-23-19-17-15-13-11-9-6-2)59-53(56)46-42-38-34-30-26-25-27-31-35-39-43-49(4)7-3/h49-50H,5-48H2,1-4H3/t49?,50-/m0/s1. The fraction of sp³-hybridized carbons (Fsp3) is 0.943. The first-order valence-corrected chi connectivity index (χ1v) is 26.4. The second-order valence-electron chi connectivity index (χ2n) is 18.4. The van der Waals surface area contributed by atoms with Crippen molar-refractivity contribution < 1.29 is 28.6 Å². The van der Waals surface area contributed by atoms with Gasteiger partial charge < -0.3 is 14.2 Å². The molecule has 1 unspecified atom stereocenters. The molecule has 0 spiro atoms. The number of carbonyl (C=O) groups is 3. The van der Waals surface area contributed by atoms with Crippen molar-refractivity contribution in [3.63, 3.8) is 0 Å². The Bertz CT molecular complexity index is 889. The molecule has 0 aromatic rings. The van der Waals surface area contributed by atoms with Crippen molar-refractivity contribution in [2.45, 2.75) is 303 Å².